The summed E-state index contributed by atoms with van der Waals surface area (Å²) in [6.07, 6.45) is 0. The maximum Gasteiger partial charge on any atom is 0.0440 e. The molecule has 0 amide bonds. The van der Waals surface area contributed by atoms with Crippen molar-refractivity contribution < 1.29 is 0 Å². The number of hydrogen-bond donors (Lipinski definition) is 0. The Bertz CT molecular complexity index is 2370. The summed E-state index contributed by atoms with van der Waals surface area (Å²) in [7, 11) is 0. The lowest BCUT2D eigenvalue weighted by atomic mass is 9.87. The average Bonchev–Trinajstić information content (AvgIpc) is 3.39. The molecule has 0 N–H and O–H groups in total. The van der Waals surface area contributed by atoms with E-state index in [2.05, 4.69) is 133 Å². The molecule has 0 radical (unpaired) electrons. The van der Waals surface area contributed by atoms with Gasteiger partial charge >= 0.3 is 0 Å². The predicted molar refractivity (Wildman–Crippen MR) is 171 cm³/mol. The van der Waals surface area contributed by atoms with E-state index < -0.39 is 0 Å². The second-order valence-corrected chi connectivity index (χ2v) is 11.6. The van der Waals surface area contributed by atoms with Gasteiger partial charge in [-0.3, -0.25) is 0 Å². The molecule has 0 aliphatic rings. The normalized spacial score (nSPS) is 12.1. The zero-order valence-electron chi connectivity index (χ0n) is 21.1. The summed E-state index contributed by atoms with van der Waals surface area (Å²) in [6.45, 7) is 0. The van der Waals surface area contributed by atoms with Crippen molar-refractivity contribution in [1.29, 1.82) is 0 Å². The Morgan fingerprint density at radius 2 is 1.10 bits per heavy atom. The maximum atomic E-state index is 2.40. The first-order chi connectivity index (χ1) is 19.3. The van der Waals surface area contributed by atoms with Crippen LogP contribution >= 0.6 is 11.3 Å². The summed E-state index contributed by atoms with van der Waals surface area (Å²) < 4.78 is 2.73. The van der Waals surface area contributed by atoms with E-state index in [0.717, 1.165) is 0 Å². The molecule has 8 aromatic carbocycles. The summed E-state index contributed by atoms with van der Waals surface area (Å²) in [4.78, 5) is 0. The standard InChI is InChI=1S/C38H22S/c1-2-8-23(9-3-1)26-18-19-30-34(22-26)39-38-32-15-7-13-29-33(27-17-16-24-10-4-5-11-25(24)20-27)21-28-12-6-14-31(37(30)38)35(28)36(29)32/h1-22H. The van der Waals surface area contributed by atoms with Gasteiger partial charge < -0.3 is 0 Å². The lowest BCUT2D eigenvalue weighted by Crippen LogP contribution is -1.89. The summed E-state index contributed by atoms with van der Waals surface area (Å²) in [6, 6.07) is 49.3. The third-order valence-electron chi connectivity index (χ3n) is 8.37. The topological polar surface area (TPSA) is 0 Å². The van der Waals surface area contributed by atoms with Crippen molar-refractivity contribution in [2.24, 2.45) is 0 Å². The highest BCUT2D eigenvalue weighted by atomic mass is 32.1. The minimum atomic E-state index is 1.26. The summed E-state index contributed by atoms with van der Waals surface area (Å²) in [5, 5.41) is 13.4. The molecular weight excluding hydrogens is 488 g/mol. The van der Waals surface area contributed by atoms with Crippen LogP contribution in [0.15, 0.2) is 133 Å². The molecule has 0 spiro atoms. The van der Waals surface area contributed by atoms with Gasteiger partial charge in [-0.15, -0.1) is 11.3 Å². The smallest absolute Gasteiger partial charge is 0.0440 e. The Kier molecular flexibility index (Phi) is 4.30. The van der Waals surface area contributed by atoms with Crippen molar-refractivity contribution in [2.45, 2.75) is 0 Å². The number of benzene rings is 8. The minimum Gasteiger partial charge on any atom is -0.134 e. The summed E-state index contributed by atoms with van der Waals surface area (Å²) >= 11 is 1.93. The fraction of sp³-hybridized carbons (Fsp3) is 0. The van der Waals surface area contributed by atoms with E-state index >= 15 is 0 Å². The Hall–Kier alpha value is -4.72. The van der Waals surface area contributed by atoms with E-state index in [4.69, 9.17) is 0 Å². The van der Waals surface area contributed by atoms with Gasteiger partial charge in [-0.2, -0.15) is 0 Å². The molecule has 0 fully saturated rings. The van der Waals surface area contributed by atoms with Gasteiger partial charge in [0.15, 0.2) is 0 Å². The van der Waals surface area contributed by atoms with Crippen LogP contribution in [0.3, 0.4) is 0 Å². The zero-order valence-corrected chi connectivity index (χ0v) is 21.9. The van der Waals surface area contributed by atoms with Crippen LogP contribution in [0.4, 0.5) is 0 Å². The van der Waals surface area contributed by atoms with Gasteiger partial charge in [0, 0.05) is 25.6 Å². The van der Waals surface area contributed by atoms with Crippen molar-refractivity contribution in [1.82, 2.24) is 0 Å². The maximum absolute atomic E-state index is 2.40. The second kappa shape index (κ2) is 7.89. The lowest BCUT2D eigenvalue weighted by molar-refractivity contribution is 1.66. The molecule has 1 heteroatoms. The Balaban J connectivity index is 1.41. The van der Waals surface area contributed by atoms with Gasteiger partial charge in [-0.25, -0.2) is 0 Å². The molecule has 0 atom stereocenters. The first kappa shape index (κ1) is 21.2. The minimum absolute atomic E-state index is 1.26. The molecule has 0 saturated carbocycles. The molecule has 180 valence electrons. The van der Waals surface area contributed by atoms with Crippen LogP contribution in [0, 0.1) is 0 Å². The highest BCUT2D eigenvalue weighted by molar-refractivity contribution is 7.27. The third kappa shape index (κ3) is 2.99. The van der Waals surface area contributed by atoms with Crippen LogP contribution in [0.25, 0.3) is 85.5 Å². The molecule has 9 aromatic rings. The summed E-state index contributed by atoms with van der Waals surface area (Å²) in [5.74, 6) is 0. The average molecular weight is 511 g/mol. The molecular formula is C38H22S. The van der Waals surface area contributed by atoms with Crippen LogP contribution in [-0.2, 0) is 0 Å². The van der Waals surface area contributed by atoms with Gasteiger partial charge in [0.2, 0.25) is 0 Å². The summed E-state index contributed by atoms with van der Waals surface area (Å²) in [5.41, 5.74) is 5.11. The zero-order chi connectivity index (χ0) is 25.5. The predicted octanol–water partition coefficient (Wildman–Crippen LogP) is 11.4. The Morgan fingerprint density at radius 1 is 0.359 bits per heavy atom. The van der Waals surface area contributed by atoms with Crippen molar-refractivity contribution in [2.75, 3.05) is 0 Å². The first-order valence-electron chi connectivity index (χ1n) is 13.4. The lowest BCUT2D eigenvalue weighted by Gasteiger charge is -2.16. The number of thiophene rings is 1. The van der Waals surface area contributed by atoms with Crippen LogP contribution < -0.4 is 0 Å². The molecule has 0 saturated heterocycles. The molecule has 0 aliphatic carbocycles. The van der Waals surface area contributed by atoms with Crippen molar-refractivity contribution in [3.8, 4) is 22.3 Å². The van der Waals surface area contributed by atoms with Gasteiger partial charge in [0.25, 0.3) is 0 Å². The van der Waals surface area contributed by atoms with E-state index in [-0.39, 0.29) is 0 Å². The van der Waals surface area contributed by atoms with Gasteiger partial charge in [-0.1, -0.05) is 115 Å². The molecule has 39 heavy (non-hydrogen) atoms. The van der Waals surface area contributed by atoms with Crippen molar-refractivity contribution >= 4 is 74.6 Å². The molecule has 0 nitrogen and oxygen atoms in total. The van der Waals surface area contributed by atoms with Crippen LogP contribution in [-0.4, -0.2) is 0 Å². The first-order valence-corrected chi connectivity index (χ1v) is 14.3. The molecule has 1 aromatic heterocycles. The quantitative estimate of drug-likeness (QED) is 0.203. The molecule has 0 bridgehead atoms. The van der Waals surface area contributed by atoms with E-state index in [9.17, 15) is 0 Å². The van der Waals surface area contributed by atoms with Crippen LogP contribution in [0.5, 0.6) is 0 Å². The van der Waals surface area contributed by atoms with Gasteiger partial charge in [0.05, 0.1) is 0 Å². The highest BCUT2D eigenvalue weighted by Crippen LogP contribution is 2.49. The number of fused-ring (bicyclic) bond motifs is 6. The van der Waals surface area contributed by atoms with E-state index in [1.165, 1.54) is 85.5 Å². The number of rotatable bonds is 2. The van der Waals surface area contributed by atoms with E-state index in [0.29, 0.717) is 0 Å². The fourth-order valence-electron chi connectivity index (χ4n) is 6.61. The molecule has 9 rings (SSSR count). The molecule has 0 unspecified atom stereocenters. The monoisotopic (exact) mass is 510 g/mol. The van der Waals surface area contributed by atoms with Crippen LogP contribution in [0.2, 0.25) is 0 Å². The largest absolute Gasteiger partial charge is 0.134 e. The van der Waals surface area contributed by atoms with Gasteiger partial charge in [0.1, 0.15) is 0 Å². The molecule has 1 heterocycles. The Labute approximate surface area is 229 Å². The molecule has 0 aliphatic heterocycles. The van der Waals surface area contributed by atoms with E-state index in [1.807, 2.05) is 11.3 Å². The fourth-order valence-corrected chi connectivity index (χ4v) is 7.89. The van der Waals surface area contributed by atoms with Crippen molar-refractivity contribution in [3.05, 3.63) is 133 Å². The Morgan fingerprint density at radius 3 is 2.03 bits per heavy atom. The van der Waals surface area contributed by atoms with Crippen molar-refractivity contribution in [3.63, 3.8) is 0 Å². The number of hydrogen-bond acceptors (Lipinski definition) is 1. The third-order valence-corrected chi connectivity index (χ3v) is 9.56. The second-order valence-electron chi connectivity index (χ2n) is 10.5. The van der Waals surface area contributed by atoms with Crippen LogP contribution in [0.1, 0.15) is 0 Å². The van der Waals surface area contributed by atoms with Gasteiger partial charge in [-0.05, 0) is 78.2 Å². The van der Waals surface area contributed by atoms with E-state index in [1.54, 1.807) is 0 Å². The SMILES string of the molecule is c1ccc(-c2ccc3c(c2)sc2c4cccc5c(-c6ccc7ccccc7c6)cc6cccc(c32)c6c54)cc1. The highest BCUT2D eigenvalue weighted by Gasteiger charge is 2.19.